The summed E-state index contributed by atoms with van der Waals surface area (Å²) in [7, 11) is 1.91. The van der Waals surface area contributed by atoms with Crippen LogP contribution in [0.1, 0.15) is 43.9 Å². The standard InChI is InChI=1S/C14H24N4O/c1-4-6-18(7-5-2)14(19)12-9-15-8-11-10-17(3)16-13(11)12/h10,12,15H,4-9H2,1-3H3/t12-/m1/s1. The fourth-order valence-electron chi connectivity index (χ4n) is 2.73. The average molecular weight is 264 g/mol. The van der Waals surface area contributed by atoms with Crippen molar-refractivity contribution in [1.29, 1.82) is 0 Å². The number of carbonyl (C=O) groups is 1. The van der Waals surface area contributed by atoms with Gasteiger partial charge < -0.3 is 10.2 Å². The molecular weight excluding hydrogens is 240 g/mol. The predicted octanol–water partition coefficient (Wildman–Crippen LogP) is 1.26. The summed E-state index contributed by atoms with van der Waals surface area (Å²) in [6.45, 7) is 7.42. The highest BCUT2D eigenvalue weighted by molar-refractivity contribution is 5.84. The van der Waals surface area contributed by atoms with E-state index in [1.54, 1.807) is 0 Å². The van der Waals surface area contributed by atoms with Crippen LogP contribution in [0, 0.1) is 0 Å². The molecule has 0 saturated carbocycles. The molecule has 1 atom stereocenters. The molecule has 0 fully saturated rings. The van der Waals surface area contributed by atoms with Crippen molar-refractivity contribution in [2.45, 2.75) is 39.2 Å². The Morgan fingerprint density at radius 1 is 1.47 bits per heavy atom. The lowest BCUT2D eigenvalue weighted by atomic mass is 9.96. The van der Waals surface area contributed by atoms with Gasteiger partial charge in [0.2, 0.25) is 5.91 Å². The van der Waals surface area contributed by atoms with Crippen LogP contribution >= 0.6 is 0 Å². The second kappa shape index (κ2) is 6.19. The van der Waals surface area contributed by atoms with Crippen molar-refractivity contribution in [1.82, 2.24) is 20.0 Å². The SMILES string of the molecule is CCCN(CCC)C(=O)[C@@H]1CNCc2cn(C)nc21. The van der Waals surface area contributed by atoms with E-state index in [4.69, 9.17) is 0 Å². The summed E-state index contributed by atoms with van der Waals surface area (Å²) < 4.78 is 1.81. The van der Waals surface area contributed by atoms with Gasteiger partial charge in [0.05, 0.1) is 11.6 Å². The van der Waals surface area contributed by atoms with Gasteiger partial charge in [-0.05, 0) is 12.8 Å². The summed E-state index contributed by atoms with van der Waals surface area (Å²) >= 11 is 0. The summed E-state index contributed by atoms with van der Waals surface area (Å²) in [5.41, 5.74) is 2.11. The summed E-state index contributed by atoms with van der Waals surface area (Å²) in [4.78, 5) is 14.7. The summed E-state index contributed by atoms with van der Waals surface area (Å²) in [6.07, 6.45) is 4.01. The van der Waals surface area contributed by atoms with E-state index in [1.807, 2.05) is 22.8 Å². The van der Waals surface area contributed by atoms with Gasteiger partial charge in [0, 0.05) is 45.0 Å². The highest BCUT2D eigenvalue weighted by atomic mass is 16.2. The lowest BCUT2D eigenvalue weighted by Crippen LogP contribution is -2.42. The summed E-state index contributed by atoms with van der Waals surface area (Å²) in [6, 6.07) is 0. The molecule has 1 amide bonds. The van der Waals surface area contributed by atoms with E-state index < -0.39 is 0 Å². The van der Waals surface area contributed by atoms with Crippen molar-refractivity contribution in [2.75, 3.05) is 19.6 Å². The van der Waals surface area contributed by atoms with Crippen molar-refractivity contribution in [2.24, 2.45) is 7.05 Å². The number of fused-ring (bicyclic) bond motifs is 1. The maximum absolute atomic E-state index is 12.7. The third-order valence-electron chi connectivity index (χ3n) is 3.53. The van der Waals surface area contributed by atoms with Crippen molar-refractivity contribution in [3.8, 4) is 0 Å². The van der Waals surface area contributed by atoms with Crippen LogP contribution < -0.4 is 5.32 Å². The number of nitrogens with one attached hydrogen (secondary N) is 1. The minimum Gasteiger partial charge on any atom is -0.342 e. The van der Waals surface area contributed by atoms with Crippen molar-refractivity contribution >= 4 is 5.91 Å². The molecule has 0 aromatic carbocycles. The highest BCUT2D eigenvalue weighted by Gasteiger charge is 2.31. The molecule has 1 aliphatic heterocycles. The lowest BCUT2D eigenvalue weighted by molar-refractivity contribution is -0.133. The van der Waals surface area contributed by atoms with Gasteiger partial charge in [-0.2, -0.15) is 5.10 Å². The van der Waals surface area contributed by atoms with Crippen LogP contribution in [-0.4, -0.2) is 40.2 Å². The quantitative estimate of drug-likeness (QED) is 0.871. The minimum atomic E-state index is -0.122. The molecule has 0 aliphatic carbocycles. The predicted molar refractivity (Wildman–Crippen MR) is 74.8 cm³/mol. The van der Waals surface area contributed by atoms with Gasteiger partial charge in [-0.3, -0.25) is 9.48 Å². The van der Waals surface area contributed by atoms with Gasteiger partial charge >= 0.3 is 0 Å². The Kier molecular flexibility index (Phi) is 4.58. The van der Waals surface area contributed by atoms with E-state index in [0.29, 0.717) is 6.54 Å². The molecule has 5 heteroatoms. The van der Waals surface area contributed by atoms with E-state index in [1.165, 1.54) is 0 Å². The molecule has 5 nitrogen and oxygen atoms in total. The number of hydrogen-bond donors (Lipinski definition) is 1. The molecule has 1 aromatic heterocycles. The Labute approximate surface area is 115 Å². The normalized spacial score (nSPS) is 18.2. The van der Waals surface area contributed by atoms with Gasteiger partial charge in [-0.15, -0.1) is 0 Å². The first-order valence-corrected chi connectivity index (χ1v) is 7.19. The number of rotatable bonds is 5. The van der Waals surface area contributed by atoms with E-state index in [-0.39, 0.29) is 11.8 Å². The average Bonchev–Trinajstić information content (AvgIpc) is 2.77. The molecule has 0 spiro atoms. The lowest BCUT2D eigenvalue weighted by Gasteiger charge is -2.28. The second-order valence-electron chi connectivity index (χ2n) is 5.22. The first-order valence-electron chi connectivity index (χ1n) is 7.19. The summed E-state index contributed by atoms with van der Waals surface area (Å²) in [5, 5.41) is 7.81. The zero-order valence-electron chi connectivity index (χ0n) is 12.1. The Morgan fingerprint density at radius 2 is 2.16 bits per heavy atom. The Morgan fingerprint density at radius 3 is 2.79 bits per heavy atom. The van der Waals surface area contributed by atoms with Crippen LogP contribution in [0.15, 0.2) is 6.20 Å². The maximum Gasteiger partial charge on any atom is 0.233 e. The van der Waals surface area contributed by atoms with E-state index >= 15 is 0 Å². The molecule has 0 bridgehead atoms. The van der Waals surface area contributed by atoms with E-state index in [9.17, 15) is 4.79 Å². The zero-order valence-corrected chi connectivity index (χ0v) is 12.1. The number of carbonyl (C=O) groups excluding carboxylic acids is 1. The van der Waals surface area contributed by atoms with Crippen LogP contribution in [0.2, 0.25) is 0 Å². The maximum atomic E-state index is 12.7. The molecule has 1 aromatic rings. The fourth-order valence-corrected chi connectivity index (χ4v) is 2.73. The monoisotopic (exact) mass is 264 g/mol. The van der Waals surface area contributed by atoms with E-state index in [2.05, 4.69) is 24.3 Å². The molecular formula is C14H24N4O. The smallest absolute Gasteiger partial charge is 0.233 e. The van der Waals surface area contributed by atoms with Crippen LogP contribution in [0.3, 0.4) is 0 Å². The molecule has 2 rings (SSSR count). The van der Waals surface area contributed by atoms with Crippen LogP contribution in [0.4, 0.5) is 0 Å². The van der Waals surface area contributed by atoms with Crippen molar-refractivity contribution < 1.29 is 4.79 Å². The third-order valence-corrected chi connectivity index (χ3v) is 3.53. The molecule has 2 heterocycles. The third kappa shape index (κ3) is 2.97. The van der Waals surface area contributed by atoms with E-state index in [0.717, 1.165) is 43.7 Å². The highest BCUT2D eigenvalue weighted by Crippen LogP contribution is 2.24. The first-order chi connectivity index (χ1) is 9.17. The number of hydrogen-bond acceptors (Lipinski definition) is 3. The Bertz CT molecular complexity index is 435. The molecule has 0 unspecified atom stereocenters. The number of aromatic nitrogens is 2. The largest absolute Gasteiger partial charge is 0.342 e. The van der Waals surface area contributed by atoms with Gasteiger partial charge in [0.15, 0.2) is 0 Å². The second-order valence-corrected chi connectivity index (χ2v) is 5.22. The van der Waals surface area contributed by atoms with Gasteiger partial charge in [-0.25, -0.2) is 0 Å². The molecule has 0 radical (unpaired) electrons. The van der Waals surface area contributed by atoms with Gasteiger partial charge in [0.25, 0.3) is 0 Å². The van der Waals surface area contributed by atoms with Crippen LogP contribution in [-0.2, 0) is 18.4 Å². The fraction of sp³-hybridized carbons (Fsp3) is 0.714. The van der Waals surface area contributed by atoms with Crippen LogP contribution in [0.25, 0.3) is 0 Å². The molecule has 0 saturated heterocycles. The molecule has 1 aliphatic rings. The van der Waals surface area contributed by atoms with Gasteiger partial charge in [0.1, 0.15) is 0 Å². The molecule has 106 valence electrons. The van der Waals surface area contributed by atoms with Crippen molar-refractivity contribution in [3.05, 3.63) is 17.5 Å². The number of amides is 1. The summed E-state index contributed by atoms with van der Waals surface area (Å²) in [5.74, 6) is 0.0962. The first kappa shape index (κ1) is 14.1. The Balaban J connectivity index is 2.19. The molecule has 19 heavy (non-hydrogen) atoms. The Hall–Kier alpha value is -1.36. The van der Waals surface area contributed by atoms with Gasteiger partial charge in [-0.1, -0.05) is 13.8 Å². The van der Waals surface area contributed by atoms with Crippen molar-refractivity contribution in [3.63, 3.8) is 0 Å². The number of nitrogens with zero attached hydrogens (tertiary/aromatic N) is 3. The topological polar surface area (TPSA) is 50.2 Å². The van der Waals surface area contributed by atoms with Crippen LogP contribution in [0.5, 0.6) is 0 Å². The zero-order chi connectivity index (χ0) is 13.8. The molecule has 1 N–H and O–H groups in total. The number of aryl methyl sites for hydroxylation is 1. The minimum absolute atomic E-state index is 0.122.